The molecule has 5 nitrogen and oxygen atoms in total. The predicted molar refractivity (Wildman–Crippen MR) is 178 cm³/mol. The van der Waals surface area contributed by atoms with Gasteiger partial charge < -0.3 is 14.6 Å². The molecular weight excluding hydrogens is 524 g/mol. The van der Waals surface area contributed by atoms with Gasteiger partial charge in [0.15, 0.2) is 6.10 Å². The smallest absolute Gasteiger partial charge is 0.306 e. The van der Waals surface area contributed by atoms with Crippen LogP contribution in [0.3, 0.4) is 0 Å². The fourth-order valence-electron chi connectivity index (χ4n) is 4.80. The molecule has 0 radical (unpaired) electrons. The fourth-order valence-corrected chi connectivity index (χ4v) is 4.80. The average Bonchev–Trinajstić information content (AvgIpc) is 2.99. The number of hydrogen-bond acceptors (Lipinski definition) is 5. The minimum Gasteiger partial charge on any atom is -0.462 e. The van der Waals surface area contributed by atoms with Crippen LogP contribution in [0.1, 0.15) is 168 Å². The molecule has 5 heteroatoms. The van der Waals surface area contributed by atoms with Gasteiger partial charge in [-0.15, -0.1) is 0 Å². The third-order valence-corrected chi connectivity index (χ3v) is 7.45. The Morgan fingerprint density at radius 1 is 0.571 bits per heavy atom. The molecule has 0 fully saturated rings. The van der Waals surface area contributed by atoms with Gasteiger partial charge in [-0.3, -0.25) is 9.59 Å². The normalized spacial score (nSPS) is 12.5. The minimum atomic E-state index is -0.773. The molecule has 0 spiro atoms. The summed E-state index contributed by atoms with van der Waals surface area (Å²) in [6.45, 7) is 4.00. The first-order valence-corrected chi connectivity index (χ1v) is 17.5. The van der Waals surface area contributed by atoms with Crippen molar-refractivity contribution in [1.82, 2.24) is 0 Å². The maximum absolute atomic E-state index is 12.1. The molecule has 0 aliphatic carbocycles. The van der Waals surface area contributed by atoms with E-state index >= 15 is 0 Å². The second-order valence-corrected chi connectivity index (χ2v) is 11.6. The lowest BCUT2D eigenvalue weighted by atomic mass is 10.0. The minimum absolute atomic E-state index is 0.0728. The van der Waals surface area contributed by atoms with E-state index in [4.69, 9.17) is 9.47 Å². The topological polar surface area (TPSA) is 72.8 Å². The molecule has 0 amide bonds. The lowest BCUT2D eigenvalue weighted by molar-refractivity contribution is -0.161. The molecule has 0 unspecified atom stereocenters. The van der Waals surface area contributed by atoms with Crippen LogP contribution in [0.5, 0.6) is 0 Å². The zero-order valence-corrected chi connectivity index (χ0v) is 27.5. The van der Waals surface area contributed by atoms with Crippen LogP contribution in [0.4, 0.5) is 0 Å². The first-order valence-electron chi connectivity index (χ1n) is 17.5. The second kappa shape index (κ2) is 33.6. The standard InChI is InChI=1S/C37H66O5/c1-3-5-7-9-11-13-15-17-18-20-21-23-25-27-29-31-36(39)41-34-35(33-38)42-37(40)32-30-28-26-24-22-19-16-14-12-10-8-6-4-2/h5,7,11,13,17-18,35,38H,3-4,6,8-10,12,14-16,19-34H2,1-2H3/b7-5-,13-11-,18-17-/t35-/m1/s1. The van der Waals surface area contributed by atoms with E-state index in [9.17, 15) is 14.7 Å². The monoisotopic (exact) mass is 590 g/mol. The molecule has 0 aliphatic rings. The van der Waals surface area contributed by atoms with Crippen molar-refractivity contribution in [2.24, 2.45) is 0 Å². The maximum Gasteiger partial charge on any atom is 0.306 e. The number of aliphatic hydroxyl groups is 1. The van der Waals surface area contributed by atoms with Crippen molar-refractivity contribution in [3.05, 3.63) is 36.5 Å². The molecule has 0 heterocycles. The third kappa shape index (κ3) is 31.1. The van der Waals surface area contributed by atoms with E-state index in [0.717, 1.165) is 64.2 Å². The van der Waals surface area contributed by atoms with Crippen molar-refractivity contribution in [3.63, 3.8) is 0 Å². The van der Waals surface area contributed by atoms with Gasteiger partial charge in [-0.25, -0.2) is 0 Å². The Hall–Kier alpha value is -1.88. The summed E-state index contributed by atoms with van der Waals surface area (Å²) < 4.78 is 10.6. The highest BCUT2D eigenvalue weighted by molar-refractivity contribution is 5.70. The number of esters is 2. The summed E-state index contributed by atoms with van der Waals surface area (Å²) in [5.41, 5.74) is 0. The van der Waals surface area contributed by atoms with Gasteiger partial charge in [-0.2, -0.15) is 0 Å². The van der Waals surface area contributed by atoms with Crippen LogP contribution >= 0.6 is 0 Å². The summed E-state index contributed by atoms with van der Waals surface area (Å²) in [6.07, 6.45) is 39.1. The molecule has 42 heavy (non-hydrogen) atoms. The Morgan fingerprint density at radius 2 is 1.02 bits per heavy atom. The summed E-state index contributed by atoms with van der Waals surface area (Å²) in [6, 6.07) is 0. The van der Waals surface area contributed by atoms with Crippen molar-refractivity contribution >= 4 is 11.9 Å². The largest absolute Gasteiger partial charge is 0.462 e. The number of carbonyl (C=O) groups is 2. The molecule has 0 saturated carbocycles. The summed E-state index contributed by atoms with van der Waals surface area (Å²) in [7, 11) is 0. The van der Waals surface area contributed by atoms with Crippen molar-refractivity contribution in [3.8, 4) is 0 Å². The highest BCUT2D eigenvalue weighted by Crippen LogP contribution is 2.14. The van der Waals surface area contributed by atoms with Crippen LogP contribution in [0, 0.1) is 0 Å². The van der Waals surface area contributed by atoms with Gasteiger partial charge in [0.2, 0.25) is 0 Å². The summed E-state index contributed by atoms with van der Waals surface area (Å²) in [4.78, 5) is 24.1. The number of unbranched alkanes of at least 4 members (excludes halogenated alkanes) is 17. The van der Waals surface area contributed by atoms with Gasteiger partial charge in [0.05, 0.1) is 6.61 Å². The number of hydrogen-bond donors (Lipinski definition) is 1. The Kier molecular flexibility index (Phi) is 32.1. The maximum atomic E-state index is 12.1. The van der Waals surface area contributed by atoms with Crippen LogP contribution in [-0.2, 0) is 19.1 Å². The van der Waals surface area contributed by atoms with Crippen LogP contribution in [0.15, 0.2) is 36.5 Å². The van der Waals surface area contributed by atoms with E-state index < -0.39 is 6.10 Å². The fraction of sp³-hybridized carbons (Fsp3) is 0.784. The second-order valence-electron chi connectivity index (χ2n) is 11.6. The van der Waals surface area contributed by atoms with Crippen LogP contribution in [0.25, 0.3) is 0 Å². The number of rotatable bonds is 31. The van der Waals surface area contributed by atoms with E-state index in [-0.39, 0.29) is 25.2 Å². The molecule has 0 rings (SSSR count). The lowest BCUT2D eigenvalue weighted by Gasteiger charge is -2.15. The number of aliphatic hydroxyl groups excluding tert-OH is 1. The Balaban J connectivity index is 3.60. The lowest BCUT2D eigenvalue weighted by Crippen LogP contribution is -2.28. The van der Waals surface area contributed by atoms with Crippen molar-refractivity contribution in [2.45, 2.75) is 174 Å². The van der Waals surface area contributed by atoms with Crippen molar-refractivity contribution < 1.29 is 24.2 Å². The average molecular weight is 591 g/mol. The molecule has 0 aromatic heterocycles. The van der Waals surface area contributed by atoms with Gasteiger partial charge in [0.1, 0.15) is 6.61 Å². The Morgan fingerprint density at radius 3 is 1.55 bits per heavy atom. The van der Waals surface area contributed by atoms with Gasteiger partial charge in [0.25, 0.3) is 0 Å². The van der Waals surface area contributed by atoms with Gasteiger partial charge >= 0.3 is 11.9 Å². The zero-order valence-electron chi connectivity index (χ0n) is 27.5. The van der Waals surface area contributed by atoms with E-state index in [0.29, 0.717) is 12.8 Å². The Labute approximate surface area is 259 Å². The molecule has 0 saturated heterocycles. The summed E-state index contributed by atoms with van der Waals surface area (Å²) >= 11 is 0. The van der Waals surface area contributed by atoms with E-state index in [2.05, 4.69) is 50.3 Å². The van der Waals surface area contributed by atoms with E-state index in [1.165, 1.54) is 77.0 Å². The van der Waals surface area contributed by atoms with Crippen LogP contribution in [-0.4, -0.2) is 36.4 Å². The molecule has 244 valence electrons. The molecule has 1 atom stereocenters. The first-order chi connectivity index (χ1) is 20.6. The zero-order chi connectivity index (χ0) is 30.8. The quantitative estimate of drug-likeness (QED) is 0.0494. The van der Waals surface area contributed by atoms with Crippen LogP contribution < -0.4 is 0 Å². The molecule has 0 aliphatic heterocycles. The molecule has 0 aromatic rings. The third-order valence-electron chi connectivity index (χ3n) is 7.45. The number of ether oxygens (including phenoxy) is 2. The highest BCUT2D eigenvalue weighted by Gasteiger charge is 2.16. The van der Waals surface area contributed by atoms with E-state index in [1.54, 1.807) is 0 Å². The predicted octanol–water partition coefficient (Wildman–Crippen LogP) is 10.5. The van der Waals surface area contributed by atoms with Gasteiger partial charge in [-0.05, 0) is 44.9 Å². The van der Waals surface area contributed by atoms with Gasteiger partial charge in [-0.1, -0.05) is 147 Å². The van der Waals surface area contributed by atoms with Crippen molar-refractivity contribution in [2.75, 3.05) is 13.2 Å². The highest BCUT2D eigenvalue weighted by atomic mass is 16.6. The van der Waals surface area contributed by atoms with E-state index in [1.807, 2.05) is 0 Å². The summed E-state index contributed by atoms with van der Waals surface area (Å²) in [5.74, 6) is -0.610. The molecular formula is C37H66O5. The van der Waals surface area contributed by atoms with Crippen molar-refractivity contribution in [1.29, 1.82) is 0 Å². The SMILES string of the molecule is CC/C=C\C/C=C\C/C=C\CCCCCCCC(=O)OC[C@@H](CO)OC(=O)CCCCCCCCCCCCCCC. The number of carbonyl (C=O) groups excluding carboxylic acids is 2. The first kappa shape index (κ1) is 40.1. The van der Waals surface area contributed by atoms with Crippen LogP contribution in [0.2, 0.25) is 0 Å². The Bertz CT molecular complexity index is 682. The van der Waals surface area contributed by atoms with Gasteiger partial charge in [0, 0.05) is 12.8 Å². The molecule has 0 bridgehead atoms. The molecule has 0 aromatic carbocycles. The number of allylic oxidation sites excluding steroid dienone is 6. The summed E-state index contributed by atoms with van der Waals surface area (Å²) in [5, 5.41) is 9.51. The molecule has 1 N–H and O–H groups in total.